The van der Waals surface area contributed by atoms with Crippen LogP contribution in [-0.4, -0.2) is 28.1 Å². The summed E-state index contributed by atoms with van der Waals surface area (Å²) in [5.74, 6) is 2.38. The maximum Gasteiger partial charge on any atom is 0.339 e. The maximum absolute atomic E-state index is 12.7. The molecule has 1 unspecified atom stereocenters. The third-order valence-corrected chi connectivity index (χ3v) is 6.82. The summed E-state index contributed by atoms with van der Waals surface area (Å²) < 4.78 is 28.3. The molecule has 1 aliphatic heterocycles. The molecule has 0 saturated heterocycles. The van der Waals surface area contributed by atoms with Crippen LogP contribution in [0, 0.1) is 0 Å². The summed E-state index contributed by atoms with van der Waals surface area (Å²) in [4.78, 5) is 13.9. The molecule has 33 heavy (non-hydrogen) atoms. The SMILES string of the molecule is COc1cc(C[NH+]2COc3c(Cl)cc4c5c(c(=O)oc4c3C2)CCCC5)cc(OC)c1OC. The lowest BCUT2D eigenvalue weighted by Crippen LogP contribution is -3.10. The zero-order chi connectivity index (χ0) is 23.1. The Morgan fingerprint density at radius 1 is 0.970 bits per heavy atom. The first-order valence-corrected chi connectivity index (χ1v) is 11.5. The number of quaternary nitrogens is 1. The molecule has 0 bridgehead atoms. The second kappa shape index (κ2) is 8.80. The van der Waals surface area contributed by atoms with Crippen LogP contribution in [0.15, 0.2) is 27.4 Å². The number of halogens is 1. The molecule has 3 aromatic rings. The number of nitrogens with one attached hydrogen (secondary N) is 1. The van der Waals surface area contributed by atoms with Gasteiger partial charge in [-0.25, -0.2) is 4.79 Å². The zero-order valence-electron chi connectivity index (χ0n) is 19.0. The molecule has 1 aromatic heterocycles. The van der Waals surface area contributed by atoms with E-state index in [1.807, 2.05) is 18.2 Å². The number of fused-ring (bicyclic) bond motifs is 5. The van der Waals surface area contributed by atoms with Gasteiger partial charge >= 0.3 is 5.63 Å². The molecular weight excluding hydrogens is 446 g/mol. The first kappa shape index (κ1) is 21.9. The number of hydrogen-bond donors (Lipinski definition) is 1. The van der Waals surface area contributed by atoms with Crippen molar-refractivity contribution < 1.29 is 28.3 Å². The van der Waals surface area contributed by atoms with Gasteiger partial charge in [-0.05, 0) is 49.4 Å². The minimum atomic E-state index is -0.238. The van der Waals surface area contributed by atoms with Gasteiger partial charge in [-0.2, -0.15) is 0 Å². The molecule has 2 aromatic carbocycles. The van der Waals surface area contributed by atoms with Crippen molar-refractivity contribution >= 4 is 22.6 Å². The van der Waals surface area contributed by atoms with E-state index in [-0.39, 0.29) is 5.63 Å². The number of ether oxygens (including phenoxy) is 4. The molecule has 1 atom stereocenters. The van der Waals surface area contributed by atoms with E-state index in [1.165, 1.54) is 0 Å². The number of aryl methyl sites for hydroxylation is 1. The smallest absolute Gasteiger partial charge is 0.339 e. The van der Waals surface area contributed by atoms with E-state index >= 15 is 0 Å². The molecule has 1 N–H and O–H groups in total. The summed E-state index contributed by atoms with van der Waals surface area (Å²) in [5.41, 5.74) is 4.09. The van der Waals surface area contributed by atoms with Gasteiger partial charge in [0.15, 0.2) is 22.8 Å². The van der Waals surface area contributed by atoms with E-state index in [1.54, 1.807) is 21.3 Å². The summed E-state index contributed by atoms with van der Waals surface area (Å²) in [6.07, 6.45) is 3.71. The third kappa shape index (κ3) is 3.79. The predicted molar refractivity (Wildman–Crippen MR) is 124 cm³/mol. The quantitative estimate of drug-likeness (QED) is 0.575. The average molecular weight is 473 g/mol. The van der Waals surface area contributed by atoms with Crippen molar-refractivity contribution in [3.05, 3.63) is 55.9 Å². The molecule has 0 saturated carbocycles. The Hall–Kier alpha value is -2.90. The fourth-order valence-electron chi connectivity index (χ4n) is 5.02. The van der Waals surface area contributed by atoms with E-state index in [0.29, 0.717) is 53.4 Å². The minimum Gasteiger partial charge on any atom is -0.493 e. The Bertz CT molecular complexity index is 1260. The van der Waals surface area contributed by atoms with Gasteiger partial charge in [-0.1, -0.05) is 11.6 Å². The van der Waals surface area contributed by atoms with Crippen LogP contribution >= 0.6 is 11.6 Å². The van der Waals surface area contributed by atoms with Crippen molar-refractivity contribution in [1.29, 1.82) is 0 Å². The Labute approximate surface area is 196 Å². The highest BCUT2D eigenvalue weighted by molar-refractivity contribution is 6.33. The van der Waals surface area contributed by atoms with Crippen molar-refractivity contribution in [3.8, 4) is 23.0 Å². The van der Waals surface area contributed by atoms with Gasteiger partial charge in [0.05, 0.1) is 31.9 Å². The molecule has 0 amide bonds. The fraction of sp³-hybridized carbons (Fsp3) is 0.400. The lowest BCUT2D eigenvalue weighted by Gasteiger charge is -2.28. The van der Waals surface area contributed by atoms with E-state index in [2.05, 4.69) is 0 Å². The summed E-state index contributed by atoms with van der Waals surface area (Å²) in [7, 11) is 4.79. The number of methoxy groups -OCH3 is 3. The first-order chi connectivity index (χ1) is 16.0. The molecule has 8 heteroatoms. The van der Waals surface area contributed by atoms with E-state index in [0.717, 1.165) is 58.2 Å². The van der Waals surface area contributed by atoms with Gasteiger partial charge in [-0.15, -0.1) is 0 Å². The Balaban J connectivity index is 1.53. The first-order valence-electron chi connectivity index (χ1n) is 11.1. The van der Waals surface area contributed by atoms with Crippen LogP contribution in [0.5, 0.6) is 23.0 Å². The summed E-state index contributed by atoms with van der Waals surface area (Å²) in [6.45, 7) is 1.70. The zero-order valence-corrected chi connectivity index (χ0v) is 19.8. The molecule has 0 radical (unpaired) electrons. The lowest BCUT2D eigenvalue weighted by molar-refractivity contribution is -0.945. The summed E-state index contributed by atoms with van der Waals surface area (Å²) in [5, 5.41) is 1.50. The normalized spacial score (nSPS) is 17.2. The highest BCUT2D eigenvalue weighted by Gasteiger charge is 2.30. The lowest BCUT2D eigenvalue weighted by atomic mass is 9.90. The number of hydrogen-bond acceptors (Lipinski definition) is 6. The largest absolute Gasteiger partial charge is 0.493 e. The topological polar surface area (TPSA) is 71.6 Å². The summed E-state index contributed by atoms with van der Waals surface area (Å²) >= 11 is 6.62. The molecule has 7 nitrogen and oxygen atoms in total. The monoisotopic (exact) mass is 472 g/mol. The van der Waals surface area contributed by atoms with Gasteiger partial charge in [0.25, 0.3) is 0 Å². The van der Waals surface area contributed by atoms with Crippen molar-refractivity contribution in [2.45, 2.75) is 38.8 Å². The highest BCUT2D eigenvalue weighted by atomic mass is 35.5. The number of rotatable bonds is 5. The molecule has 5 rings (SSSR count). The highest BCUT2D eigenvalue weighted by Crippen LogP contribution is 2.40. The van der Waals surface area contributed by atoms with Crippen molar-refractivity contribution in [2.75, 3.05) is 28.1 Å². The van der Waals surface area contributed by atoms with Gasteiger partial charge < -0.3 is 23.4 Å². The molecule has 2 aliphatic rings. The van der Waals surface area contributed by atoms with Crippen LogP contribution in [0.1, 0.15) is 35.1 Å². The molecule has 0 spiro atoms. The van der Waals surface area contributed by atoms with Crippen LogP contribution < -0.4 is 29.5 Å². The van der Waals surface area contributed by atoms with Crippen molar-refractivity contribution in [1.82, 2.24) is 0 Å². The standard InChI is InChI=1S/C25H26ClNO6/c1-29-20-8-14(9-21(30-2)24(20)31-3)11-27-12-18-22-17(10-19(26)23(18)32-13-27)15-6-4-5-7-16(15)25(28)33-22/h8-10H,4-7,11-13H2,1-3H3/p+1. The van der Waals surface area contributed by atoms with Crippen LogP contribution in [0.3, 0.4) is 0 Å². The van der Waals surface area contributed by atoms with Gasteiger partial charge in [0.1, 0.15) is 13.1 Å². The average Bonchev–Trinajstić information content (AvgIpc) is 2.84. The van der Waals surface area contributed by atoms with Crippen LogP contribution in [0.2, 0.25) is 5.02 Å². The van der Waals surface area contributed by atoms with E-state index in [9.17, 15) is 4.79 Å². The van der Waals surface area contributed by atoms with Crippen LogP contribution in [0.4, 0.5) is 0 Å². The predicted octanol–water partition coefficient (Wildman–Crippen LogP) is 3.29. The van der Waals surface area contributed by atoms with Gasteiger partial charge in [0.2, 0.25) is 12.5 Å². The second-order valence-electron chi connectivity index (χ2n) is 8.52. The molecule has 1 aliphatic carbocycles. The van der Waals surface area contributed by atoms with Crippen molar-refractivity contribution in [3.63, 3.8) is 0 Å². The van der Waals surface area contributed by atoms with Crippen molar-refractivity contribution in [2.24, 2.45) is 0 Å². The molecule has 174 valence electrons. The fourth-order valence-corrected chi connectivity index (χ4v) is 5.30. The van der Waals surface area contributed by atoms with E-state index < -0.39 is 0 Å². The van der Waals surface area contributed by atoms with Gasteiger partial charge in [0, 0.05) is 16.5 Å². The third-order valence-electron chi connectivity index (χ3n) is 6.54. The molecule has 0 fully saturated rings. The Kier molecular flexibility index (Phi) is 5.85. The Morgan fingerprint density at radius 2 is 1.67 bits per heavy atom. The van der Waals surface area contributed by atoms with Gasteiger partial charge in [-0.3, -0.25) is 4.90 Å². The second-order valence-corrected chi connectivity index (χ2v) is 8.93. The molecule has 2 heterocycles. The Morgan fingerprint density at radius 3 is 2.33 bits per heavy atom. The minimum absolute atomic E-state index is 0.238. The van der Waals surface area contributed by atoms with Crippen LogP contribution in [-0.2, 0) is 25.9 Å². The number of benzene rings is 2. The van der Waals surface area contributed by atoms with E-state index in [4.69, 9.17) is 35.0 Å². The summed E-state index contributed by atoms with van der Waals surface area (Å²) in [6, 6.07) is 5.78. The molecular formula is C25H27ClNO6+. The van der Waals surface area contributed by atoms with Crippen LogP contribution in [0.25, 0.3) is 11.0 Å². The maximum atomic E-state index is 12.7.